The minimum Gasteiger partial charge on any atom is -0.497 e. The number of primary sulfonamides is 1. The molecule has 0 saturated heterocycles. The number of nitrogens with one attached hydrogen (secondary N) is 2. The van der Waals surface area contributed by atoms with Crippen LogP contribution in [0.2, 0.25) is 0 Å². The summed E-state index contributed by atoms with van der Waals surface area (Å²) in [7, 11) is 0.855. The van der Waals surface area contributed by atoms with E-state index in [1.165, 1.54) is 38.4 Å². The van der Waals surface area contributed by atoms with Gasteiger partial charge in [0, 0.05) is 50.0 Å². The highest BCUT2D eigenvalue weighted by molar-refractivity contribution is 7.89. The van der Waals surface area contributed by atoms with Crippen LogP contribution in [0.1, 0.15) is 36.1 Å². The molecule has 5 aromatic rings. The maximum Gasteiger partial charge on any atom is 0.303 e. The Hall–Kier alpha value is -6.44. The molecular weight excluding hydrogens is 757 g/mol. The first-order chi connectivity index (χ1) is 27.0. The Kier molecular flexibility index (Phi) is 12.9. The van der Waals surface area contributed by atoms with Crippen LogP contribution in [0.15, 0.2) is 77.8 Å². The van der Waals surface area contributed by atoms with Crippen LogP contribution < -0.4 is 36.0 Å². The van der Waals surface area contributed by atoms with Gasteiger partial charge in [-0.2, -0.15) is 10.1 Å². The average molecular weight is 801 g/mol. The van der Waals surface area contributed by atoms with Crippen molar-refractivity contribution in [3.05, 3.63) is 89.7 Å². The summed E-state index contributed by atoms with van der Waals surface area (Å²) in [5, 5.41) is 25.4. The van der Waals surface area contributed by atoms with Gasteiger partial charge in [-0.3, -0.25) is 23.9 Å². The molecule has 0 unspecified atom stereocenters. The SMILES string of the molecule is COc1ccc(CNC(=O)[C@H](CC(=O)N(c2ccc(C)c(S(N)(=O)=O)c2)c2nccc(N(C)c3ccc4c(C)n(C)nc4c3)n2)NC(=O)[C@@H](N)CCC(=O)O)cc1. The predicted octanol–water partition coefficient (Wildman–Crippen LogP) is 2.45. The van der Waals surface area contributed by atoms with Gasteiger partial charge in [-0.25, -0.2) is 23.4 Å². The van der Waals surface area contributed by atoms with Gasteiger partial charge in [-0.15, -0.1) is 0 Å². The Morgan fingerprint density at radius 2 is 1.68 bits per heavy atom. The number of anilines is 4. The molecule has 57 heavy (non-hydrogen) atoms. The van der Waals surface area contributed by atoms with E-state index in [1.807, 2.05) is 32.2 Å². The van der Waals surface area contributed by atoms with E-state index in [4.69, 9.17) is 20.7 Å². The first kappa shape index (κ1) is 41.7. The smallest absolute Gasteiger partial charge is 0.303 e. The first-order valence-electron chi connectivity index (χ1n) is 17.6. The van der Waals surface area contributed by atoms with E-state index in [9.17, 15) is 27.6 Å². The number of aliphatic carboxylic acids is 1. The zero-order valence-electron chi connectivity index (χ0n) is 32.0. The molecule has 0 aliphatic rings. The third-order valence-electron chi connectivity index (χ3n) is 9.30. The third-order valence-corrected chi connectivity index (χ3v) is 10.4. The largest absolute Gasteiger partial charge is 0.497 e. The summed E-state index contributed by atoms with van der Waals surface area (Å²) >= 11 is 0. The molecule has 3 aromatic carbocycles. The lowest BCUT2D eigenvalue weighted by Crippen LogP contribution is -2.53. The van der Waals surface area contributed by atoms with E-state index in [0.29, 0.717) is 28.4 Å². The number of methoxy groups -OCH3 is 1. The van der Waals surface area contributed by atoms with Crippen LogP contribution in [0.3, 0.4) is 0 Å². The fraction of sp³-hybridized carbons (Fsp3) is 0.289. The molecule has 3 amide bonds. The van der Waals surface area contributed by atoms with Gasteiger partial charge >= 0.3 is 5.97 Å². The van der Waals surface area contributed by atoms with E-state index >= 15 is 0 Å². The maximum atomic E-state index is 14.5. The van der Waals surface area contributed by atoms with Crippen LogP contribution >= 0.6 is 0 Å². The summed E-state index contributed by atoms with van der Waals surface area (Å²) in [6.45, 7) is 3.50. The van der Waals surface area contributed by atoms with E-state index in [-0.39, 0.29) is 29.5 Å². The Morgan fingerprint density at radius 3 is 2.35 bits per heavy atom. The fourth-order valence-electron chi connectivity index (χ4n) is 5.92. The van der Waals surface area contributed by atoms with Crippen molar-refractivity contribution in [3.8, 4) is 5.75 Å². The number of benzene rings is 3. The summed E-state index contributed by atoms with van der Waals surface area (Å²) in [6, 6.07) is 15.4. The van der Waals surface area contributed by atoms with Crippen LogP contribution in [0.5, 0.6) is 5.75 Å². The van der Waals surface area contributed by atoms with Crippen molar-refractivity contribution in [3.63, 3.8) is 0 Å². The van der Waals surface area contributed by atoms with Crippen LogP contribution in [0.4, 0.5) is 23.1 Å². The molecule has 0 radical (unpaired) electrons. The molecule has 2 aromatic heterocycles. The average Bonchev–Trinajstić information content (AvgIpc) is 3.47. The number of fused-ring (bicyclic) bond motifs is 1. The quantitative estimate of drug-likeness (QED) is 0.0962. The topological polar surface area (TPSA) is 258 Å². The molecule has 0 fully saturated rings. The fourth-order valence-corrected chi connectivity index (χ4v) is 6.72. The van der Waals surface area contributed by atoms with Crippen molar-refractivity contribution in [2.24, 2.45) is 17.9 Å². The monoisotopic (exact) mass is 800 g/mol. The number of ether oxygens (including phenoxy) is 1. The van der Waals surface area contributed by atoms with Crippen LogP contribution in [-0.2, 0) is 42.8 Å². The standard InChI is InChI=1S/C38H44N10O8S/c1-22-6-9-26(19-32(22)57(40,54)55)48(38-41-17-16-33(44-38)46(3)25-10-13-28-23(2)47(4)45-30(28)18-25)34(49)20-31(43-36(52)29(39)14-15-35(50)51)37(53)42-21-24-7-11-27(56-5)12-8-24/h6-13,16-19,29,31H,14-15,20-21,39H2,1-5H3,(H,42,53)(H,43,52)(H,50,51)(H2,40,54,55)/t29-,31-/m0/s1. The summed E-state index contributed by atoms with van der Waals surface area (Å²) in [5.74, 6) is -2.88. The molecule has 0 saturated carbocycles. The Morgan fingerprint density at radius 1 is 0.982 bits per heavy atom. The Bertz CT molecular complexity index is 2420. The summed E-state index contributed by atoms with van der Waals surface area (Å²) in [5.41, 5.74) is 9.41. The minimum absolute atomic E-state index is 0.00156. The van der Waals surface area contributed by atoms with Crippen molar-refractivity contribution >= 4 is 67.8 Å². The highest BCUT2D eigenvalue weighted by Crippen LogP contribution is 2.31. The lowest BCUT2D eigenvalue weighted by molar-refractivity contribution is -0.137. The predicted molar refractivity (Wildman–Crippen MR) is 211 cm³/mol. The van der Waals surface area contributed by atoms with Crippen molar-refractivity contribution in [1.82, 2.24) is 30.4 Å². The van der Waals surface area contributed by atoms with Gasteiger partial charge in [0.2, 0.25) is 33.7 Å². The van der Waals surface area contributed by atoms with Crippen molar-refractivity contribution in [1.29, 1.82) is 0 Å². The van der Waals surface area contributed by atoms with Crippen LogP contribution in [-0.4, -0.2) is 83.2 Å². The van der Waals surface area contributed by atoms with Gasteiger partial charge in [0.1, 0.15) is 17.6 Å². The maximum absolute atomic E-state index is 14.5. The number of aromatic nitrogens is 4. The third kappa shape index (κ3) is 10.1. The number of aryl methyl sites for hydroxylation is 3. The molecule has 5 rings (SSSR count). The van der Waals surface area contributed by atoms with Gasteiger partial charge in [0.25, 0.3) is 0 Å². The second-order valence-electron chi connectivity index (χ2n) is 13.3. The van der Waals surface area contributed by atoms with Crippen LogP contribution in [0, 0.1) is 13.8 Å². The van der Waals surface area contributed by atoms with Gasteiger partial charge in [-0.05, 0) is 79.9 Å². The van der Waals surface area contributed by atoms with E-state index in [1.54, 1.807) is 47.0 Å². The van der Waals surface area contributed by atoms with E-state index in [0.717, 1.165) is 21.5 Å². The number of hydrogen-bond acceptors (Lipinski definition) is 12. The molecule has 300 valence electrons. The molecule has 2 heterocycles. The molecule has 0 aliphatic heterocycles. The first-order valence-corrected chi connectivity index (χ1v) is 19.2. The second-order valence-corrected chi connectivity index (χ2v) is 14.8. The zero-order chi connectivity index (χ0) is 41.6. The number of carbonyl (C=O) groups is 4. The van der Waals surface area contributed by atoms with Gasteiger partial charge in [0.15, 0.2) is 0 Å². The van der Waals surface area contributed by atoms with Crippen molar-refractivity contribution in [2.75, 3.05) is 24.0 Å². The highest BCUT2D eigenvalue weighted by Gasteiger charge is 2.31. The number of carboxylic acids is 1. The number of nitrogens with two attached hydrogens (primary N) is 2. The molecule has 18 nitrogen and oxygen atoms in total. The number of nitrogens with zero attached hydrogens (tertiary/aromatic N) is 6. The normalized spacial score (nSPS) is 12.4. The molecular formula is C38H44N10O8S. The van der Waals surface area contributed by atoms with Gasteiger partial charge in [-0.1, -0.05) is 18.2 Å². The summed E-state index contributed by atoms with van der Waals surface area (Å²) in [4.78, 5) is 64.2. The summed E-state index contributed by atoms with van der Waals surface area (Å²) in [6.07, 6.45) is 0.0770. The minimum atomic E-state index is -4.27. The molecule has 0 aliphatic carbocycles. The van der Waals surface area contributed by atoms with E-state index in [2.05, 4.69) is 25.7 Å². The Balaban J connectivity index is 1.52. The number of amides is 3. The number of carbonyl (C=O) groups excluding carboxylic acids is 3. The molecule has 19 heteroatoms. The lowest BCUT2D eigenvalue weighted by Gasteiger charge is -2.26. The molecule has 2 atom stereocenters. The van der Waals surface area contributed by atoms with Gasteiger partial charge in [0.05, 0.1) is 35.7 Å². The molecule has 0 spiro atoms. The summed E-state index contributed by atoms with van der Waals surface area (Å²) < 4.78 is 32.2. The number of hydrogen-bond donors (Lipinski definition) is 5. The molecule has 0 bridgehead atoms. The highest BCUT2D eigenvalue weighted by atomic mass is 32.2. The van der Waals surface area contributed by atoms with Crippen LogP contribution in [0.25, 0.3) is 10.9 Å². The molecule has 7 N–H and O–H groups in total. The second kappa shape index (κ2) is 17.6. The number of sulfonamides is 1. The zero-order valence-corrected chi connectivity index (χ0v) is 32.8. The van der Waals surface area contributed by atoms with Gasteiger partial charge < -0.3 is 31.1 Å². The number of carboxylic acid groups (broad SMARTS) is 1. The van der Waals surface area contributed by atoms with E-state index < -0.39 is 58.6 Å². The lowest BCUT2D eigenvalue weighted by atomic mass is 10.1. The number of rotatable bonds is 16. The van der Waals surface area contributed by atoms with Crippen molar-refractivity contribution < 1.29 is 37.4 Å². The van der Waals surface area contributed by atoms with Crippen molar-refractivity contribution in [2.45, 2.75) is 56.6 Å². The Labute approximate surface area is 328 Å².